The number of methoxy groups -OCH3 is 1. The van der Waals surface area contributed by atoms with Crippen molar-refractivity contribution in [2.24, 2.45) is 4.99 Å². The van der Waals surface area contributed by atoms with E-state index in [1.54, 1.807) is 56.3 Å². The van der Waals surface area contributed by atoms with Gasteiger partial charge in [-0.05, 0) is 95.6 Å². The number of thiazole rings is 1. The number of halogens is 2. The monoisotopic (exact) mass is 728 g/mol. The van der Waals surface area contributed by atoms with Gasteiger partial charge in [-0.1, -0.05) is 35.6 Å². The van der Waals surface area contributed by atoms with E-state index in [4.69, 9.17) is 14.2 Å². The van der Waals surface area contributed by atoms with Crippen LogP contribution in [0.4, 0.5) is 4.39 Å². The highest BCUT2D eigenvalue weighted by atomic mass is 127. The van der Waals surface area contributed by atoms with Gasteiger partial charge in [0.2, 0.25) is 0 Å². The third-order valence-corrected chi connectivity index (χ3v) is 8.59. The number of carboxylic acids is 1. The Hall–Kier alpha value is -4.30. The Morgan fingerprint density at radius 3 is 2.59 bits per heavy atom. The number of aromatic carboxylic acids is 1. The first-order valence-electron chi connectivity index (χ1n) is 13.4. The zero-order chi connectivity index (χ0) is 31.5. The van der Waals surface area contributed by atoms with Crippen LogP contribution in [-0.2, 0) is 16.1 Å². The maximum Gasteiger partial charge on any atom is 0.338 e. The lowest BCUT2D eigenvalue weighted by Gasteiger charge is -2.24. The fourth-order valence-electron chi connectivity index (χ4n) is 4.82. The summed E-state index contributed by atoms with van der Waals surface area (Å²) in [7, 11) is 1.50. The summed E-state index contributed by atoms with van der Waals surface area (Å²) in [6.07, 6.45) is 1.71. The van der Waals surface area contributed by atoms with E-state index in [2.05, 4.69) is 27.6 Å². The van der Waals surface area contributed by atoms with E-state index in [1.807, 2.05) is 6.07 Å². The number of allylic oxidation sites excluding steroid dienone is 1. The Kier molecular flexibility index (Phi) is 9.30. The van der Waals surface area contributed by atoms with Crippen molar-refractivity contribution in [3.05, 3.63) is 123 Å². The van der Waals surface area contributed by atoms with Gasteiger partial charge in [-0.3, -0.25) is 9.36 Å². The lowest BCUT2D eigenvalue weighted by molar-refractivity contribution is -0.139. The van der Waals surface area contributed by atoms with Crippen LogP contribution in [0.3, 0.4) is 0 Å². The summed E-state index contributed by atoms with van der Waals surface area (Å²) in [5.41, 5.74) is 2.31. The van der Waals surface area contributed by atoms with Gasteiger partial charge in [0.05, 0.1) is 44.7 Å². The number of rotatable bonds is 9. The summed E-state index contributed by atoms with van der Waals surface area (Å²) in [6.45, 7) is 3.64. The molecule has 0 spiro atoms. The molecule has 12 heteroatoms. The molecular formula is C32H26FIN2O7S. The number of hydrogen-bond donors (Lipinski definition) is 1. The minimum Gasteiger partial charge on any atom is -0.493 e. The van der Waals surface area contributed by atoms with Crippen LogP contribution in [0.1, 0.15) is 46.9 Å². The second kappa shape index (κ2) is 13.1. The molecule has 1 aliphatic heterocycles. The van der Waals surface area contributed by atoms with Gasteiger partial charge in [-0.25, -0.2) is 19.0 Å². The summed E-state index contributed by atoms with van der Waals surface area (Å²) in [5.74, 6) is -1.16. The lowest BCUT2D eigenvalue weighted by atomic mass is 9.96. The van der Waals surface area contributed by atoms with Gasteiger partial charge in [0.1, 0.15) is 12.4 Å². The van der Waals surface area contributed by atoms with Crippen LogP contribution in [0.5, 0.6) is 11.5 Å². The summed E-state index contributed by atoms with van der Waals surface area (Å²) >= 11 is 3.28. The predicted molar refractivity (Wildman–Crippen MR) is 170 cm³/mol. The van der Waals surface area contributed by atoms with E-state index in [-0.39, 0.29) is 29.9 Å². The molecule has 9 nitrogen and oxygen atoms in total. The number of hydrogen-bond acceptors (Lipinski definition) is 8. The third kappa shape index (κ3) is 6.31. The van der Waals surface area contributed by atoms with E-state index in [0.717, 1.165) is 0 Å². The maximum atomic E-state index is 13.9. The van der Waals surface area contributed by atoms with Gasteiger partial charge in [-0.15, -0.1) is 0 Å². The van der Waals surface area contributed by atoms with Gasteiger partial charge in [0.25, 0.3) is 5.56 Å². The zero-order valence-electron chi connectivity index (χ0n) is 23.8. The molecule has 5 rings (SSSR count). The fourth-order valence-corrected chi connectivity index (χ4v) is 6.64. The summed E-state index contributed by atoms with van der Waals surface area (Å²) in [4.78, 5) is 43.2. The molecule has 0 unspecified atom stereocenters. The van der Waals surface area contributed by atoms with E-state index in [1.165, 1.54) is 41.2 Å². The SMILES string of the molecule is CCOC(=O)C1=C(C)N=c2s/c(=C\c3cc(I)c(OCc4cccc(C(=O)O)c4)c(OC)c3)c(=O)n2[C@H]1c1ccc(F)cc1. The molecule has 1 N–H and O–H groups in total. The van der Waals surface area contributed by atoms with E-state index >= 15 is 0 Å². The lowest BCUT2D eigenvalue weighted by Crippen LogP contribution is -2.39. The summed E-state index contributed by atoms with van der Waals surface area (Å²) < 4.78 is 33.2. The van der Waals surface area contributed by atoms with Gasteiger partial charge in [0.15, 0.2) is 16.3 Å². The Balaban J connectivity index is 1.55. The largest absolute Gasteiger partial charge is 0.493 e. The van der Waals surface area contributed by atoms with Crippen molar-refractivity contribution in [2.75, 3.05) is 13.7 Å². The van der Waals surface area contributed by atoms with Crippen molar-refractivity contribution in [2.45, 2.75) is 26.5 Å². The van der Waals surface area contributed by atoms with E-state index in [0.29, 0.717) is 46.8 Å². The van der Waals surface area contributed by atoms with Crippen molar-refractivity contribution in [3.63, 3.8) is 0 Å². The van der Waals surface area contributed by atoms with Crippen molar-refractivity contribution >= 4 is 51.9 Å². The average molecular weight is 729 g/mol. The Morgan fingerprint density at radius 1 is 1.16 bits per heavy atom. The number of benzene rings is 3. The minimum atomic E-state index is -1.02. The van der Waals surface area contributed by atoms with E-state index in [9.17, 15) is 23.9 Å². The van der Waals surface area contributed by atoms with E-state index < -0.39 is 23.8 Å². The van der Waals surface area contributed by atoms with Crippen LogP contribution >= 0.6 is 33.9 Å². The fraction of sp³-hybridized carbons (Fsp3) is 0.188. The van der Waals surface area contributed by atoms with Gasteiger partial charge in [0, 0.05) is 0 Å². The highest BCUT2D eigenvalue weighted by Gasteiger charge is 2.33. The molecule has 4 aromatic rings. The molecular weight excluding hydrogens is 702 g/mol. The predicted octanol–water partition coefficient (Wildman–Crippen LogP) is 4.83. The number of esters is 1. The first-order chi connectivity index (χ1) is 21.1. The highest BCUT2D eigenvalue weighted by molar-refractivity contribution is 14.1. The number of aromatic nitrogens is 1. The van der Waals surface area contributed by atoms with Crippen LogP contribution in [0.15, 0.2) is 81.7 Å². The highest BCUT2D eigenvalue weighted by Crippen LogP contribution is 2.35. The summed E-state index contributed by atoms with van der Waals surface area (Å²) in [6, 6.07) is 14.8. The average Bonchev–Trinajstić information content (AvgIpc) is 3.30. The molecule has 2 heterocycles. The number of carbonyl (C=O) groups is 2. The quantitative estimate of drug-likeness (QED) is 0.194. The van der Waals surface area contributed by atoms with Gasteiger partial charge >= 0.3 is 11.9 Å². The van der Waals surface area contributed by atoms with Gasteiger partial charge in [-0.2, -0.15) is 0 Å². The molecule has 1 atom stereocenters. The maximum absolute atomic E-state index is 13.9. The molecule has 44 heavy (non-hydrogen) atoms. The number of carbonyl (C=O) groups excluding carboxylic acids is 1. The second-order valence-electron chi connectivity index (χ2n) is 9.68. The third-order valence-electron chi connectivity index (χ3n) is 6.81. The van der Waals surface area contributed by atoms with Crippen molar-refractivity contribution in [1.82, 2.24) is 4.57 Å². The molecule has 226 valence electrons. The molecule has 1 aromatic heterocycles. The first-order valence-corrected chi connectivity index (χ1v) is 15.3. The Bertz CT molecular complexity index is 1980. The van der Waals surface area contributed by atoms with Crippen molar-refractivity contribution in [1.29, 1.82) is 0 Å². The zero-order valence-corrected chi connectivity index (χ0v) is 26.8. The first kappa shape index (κ1) is 31.1. The molecule has 0 radical (unpaired) electrons. The Labute approximate surface area is 268 Å². The van der Waals surface area contributed by atoms with Crippen LogP contribution in [0.2, 0.25) is 0 Å². The molecule has 0 saturated carbocycles. The molecule has 0 aliphatic carbocycles. The number of nitrogens with zero attached hydrogens (tertiary/aromatic N) is 2. The van der Waals surface area contributed by atoms with Crippen LogP contribution in [0, 0.1) is 9.39 Å². The number of carboxylic acid groups (broad SMARTS) is 1. The standard InChI is InChI=1S/C32H26FIN2O7S/c1-4-42-31(40)26-17(2)35-32-36(27(26)20-8-10-22(33)11-9-20)29(37)25(44-32)15-19-13-23(34)28(24(14-19)41-3)43-16-18-6-5-7-21(12-18)30(38)39/h5-15,27H,4,16H2,1-3H3,(H,38,39)/b25-15-/t27-/m0/s1. The minimum absolute atomic E-state index is 0.122. The number of ether oxygens (including phenoxy) is 3. The smallest absolute Gasteiger partial charge is 0.338 e. The second-order valence-corrected chi connectivity index (χ2v) is 11.9. The van der Waals surface area contributed by atoms with Gasteiger partial charge < -0.3 is 19.3 Å². The van der Waals surface area contributed by atoms with Crippen molar-refractivity contribution in [3.8, 4) is 11.5 Å². The molecule has 3 aromatic carbocycles. The molecule has 0 amide bonds. The van der Waals surface area contributed by atoms with Crippen molar-refractivity contribution < 1.29 is 33.3 Å². The number of fused-ring (bicyclic) bond motifs is 1. The molecule has 0 saturated heterocycles. The molecule has 0 bridgehead atoms. The van der Waals surface area contributed by atoms with Crippen LogP contribution in [0.25, 0.3) is 6.08 Å². The Morgan fingerprint density at radius 2 is 1.91 bits per heavy atom. The summed E-state index contributed by atoms with van der Waals surface area (Å²) in [5, 5.41) is 9.27. The normalized spacial score (nSPS) is 14.6. The molecule has 1 aliphatic rings. The molecule has 0 fully saturated rings. The topological polar surface area (TPSA) is 116 Å². The van der Waals surface area contributed by atoms with Crippen LogP contribution < -0.4 is 24.4 Å². The van der Waals surface area contributed by atoms with Crippen LogP contribution in [-0.4, -0.2) is 35.3 Å².